The lowest BCUT2D eigenvalue weighted by Crippen LogP contribution is -2.35. The van der Waals surface area contributed by atoms with Crippen molar-refractivity contribution < 1.29 is 17.9 Å². The van der Waals surface area contributed by atoms with Crippen molar-refractivity contribution >= 4 is 21.6 Å². The van der Waals surface area contributed by atoms with Gasteiger partial charge in [0.25, 0.3) is 15.9 Å². The summed E-state index contributed by atoms with van der Waals surface area (Å²) in [5.74, 6) is -0.345. The molecule has 0 saturated heterocycles. The number of ether oxygens (including phenoxy) is 1. The van der Waals surface area contributed by atoms with Crippen LogP contribution in [0.25, 0.3) is 0 Å². The number of benzene rings is 2. The predicted octanol–water partition coefficient (Wildman–Crippen LogP) is 3.18. The van der Waals surface area contributed by atoms with Gasteiger partial charge in [-0.3, -0.25) is 9.52 Å². The highest BCUT2D eigenvalue weighted by molar-refractivity contribution is 7.92. The van der Waals surface area contributed by atoms with E-state index in [-0.39, 0.29) is 22.4 Å². The van der Waals surface area contributed by atoms with Crippen LogP contribution in [-0.4, -0.2) is 34.1 Å². The molecule has 2 rings (SSSR count). The number of amides is 1. The molecule has 0 aromatic heterocycles. The van der Waals surface area contributed by atoms with E-state index in [2.05, 4.69) is 10.0 Å². The second-order valence-corrected chi connectivity index (χ2v) is 8.44. The maximum absolute atomic E-state index is 12.9. The van der Waals surface area contributed by atoms with Crippen molar-refractivity contribution in [1.82, 2.24) is 5.32 Å². The normalized spacial score (nSPS) is 12.5. The molecule has 0 unspecified atom stereocenters. The number of rotatable bonds is 7. The molecule has 2 N–H and O–H groups in total. The van der Waals surface area contributed by atoms with E-state index < -0.39 is 10.0 Å². The number of carbonyl (C=O) groups excluding carboxylic acids is 1. The number of aryl methyl sites for hydroxylation is 3. The minimum atomic E-state index is -3.83. The van der Waals surface area contributed by atoms with Crippen molar-refractivity contribution in [3.8, 4) is 0 Å². The summed E-state index contributed by atoms with van der Waals surface area (Å²) in [5.41, 5.74) is 3.27. The third-order valence-corrected chi connectivity index (χ3v) is 5.53. The Hall–Kier alpha value is -2.38. The highest BCUT2D eigenvalue weighted by atomic mass is 32.2. The van der Waals surface area contributed by atoms with E-state index in [4.69, 9.17) is 4.74 Å². The van der Waals surface area contributed by atoms with Crippen molar-refractivity contribution in [3.05, 3.63) is 58.7 Å². The first kappa shape index (κ1) is 20.9. The van der Waals surface area contributed by atoms with Crippen LogP contribution in [-0.2, 0) is 14.8 Å². The Morgan fingerprint density at radius 2 is 1.70 bits per heavy atom. The summed E-state index contributed by atoms with van der Waals surface area (Å²) in [6.45, 7) is 7.70. The minimum absolute atomic E-state index is 0.0775. The average molecular weight is 391 g/mol. The number of hydrogen-bond acceptors (Lipinski definition) is 4. The van der Waals surface area contributed by atoms with Crippen LogP contribution in [0, 0.1) is 20.8 Å². The van der Waals surface area contributed by atoms with Crippen molar-refractivity contribution in [2.24, 2.45) is 0 Å². The molecule has 7 heteroatoms. The largest absolute Gasteiger partial charge is 0.383 e. The zero-order valence-electron chi connectivity index (χ0n) is 16.3. The Labute approximate surface area is 161 Å². The zero-order valence-corrected chi connectivity index (χ0v) is 17.1. The van der Waals surface area contributed by atoms with Gasteiger partial charge in [0.1, 0.15) is 0 Å². The van der Waals surface area contributed by atoms with Gasteiger partial charge in [-0.15, -0.1) is 0 Å². The molecule has 1 atom stereocenters. The quantitative estimate of drug-likeness (QED) is 0.760. The summed E-state index contributed by atoms with van der Waals surface area (Å²) < 4.78 is 33.4. The van der Waals surface area contributed by atoms with Crippen LogP contribution < -0.4 is 10.0 Å². The van der Waals surface area contributed by atoms with Crippen LogP contribution in [0.2, 0.25) is 0 Å². The number of nitrogens with one attached hydrogen (secondary N) is 2. The van der Waals surface area contributed by atoms with E-state index in [9.17, 15) is 13.2 Å². The van der Waals surface area contributed by atoms with Gasteiger partial charge in [0.2, 0.25) is 0 Å². The van der Waals surface area contributed by atoms with Crippen LogP contribution >= 0.6 is 0 Å². The number of anilines is 1. The van der Waals surface area contributed by atoms with Gasteiger partial charge in [-0.2, -0.15) is 0 Å². The average Bonchev–Trinajstić information content (AvgIpc) is 2.53. The first-order valence-corrected chi connectivity index (χ1v) is 10.1. The summed E-state index contributed by atoms with van der Waals surface area (Å²) in [7, 11) is -2.27. The van der Waals surface area contributed by atoms with Crippen LogP contribution in [0.3, 0.4) is 0 Å². The molecule has 0 aliphatic heterocycles. The standard InChI is InChI=1S/C20H26N2O4S/c1-13-8-14(2)10-18(9-13)22-27(24,25)19-11-17(7-6-15(19)3)20(23)21-16(4)12-26-5/h6-11,16,22H,12H2,1-5H3,(H,21,23)/t16-/m0/s1. The van der Waals surface area contributed by atoms with Gasteiger partial charge < -0.3 is 10.1 Å². The maximum atomic E-state index is 12.9. The molecule has 2 aromatic carbocycles. The lowest BCUT2D eigenvalue weighted by molar-refractivity contribution is 0.0905. The molecule has 0 aliphatic rings. The minimum Gasteiger partial charge on any atom is -0.383 e. The molecule has 0 fully saturated rings. The number of hydrogen-bond donors (Lipinski definition) is 2. The Balaban J connectivity index is 2.32. The number of carbonyl (C=O) groups is 1. The summed E-state index contributed by atoms with van der Waals surface area (Å²) in [5, 5.41) is 2.78. The number of sulfonamides is 1. The first-order chi connectivity index (χ1) is 12.6. The van der Waals surface area contributed by atoms with Crippen LogP contribution in [0.1, 0.15) is 34.0 Å². The molecule has 6 nitrogen and oxygen atoms in total. The smallest absolute Gasteiger partial charge is 0.262 e. The van der Waals surface area contributed by atoms with Gasteiger partial charge in [0, 0.05) is 24.4 Å². The van der Waals surface area contributed by atoms with E-state index in [0.29, 0.717) is 17.9 Å². The second kappa shape index (κ2) is 8.54. The Kier molecular flexibility index (Phi) is 6.62. The second-order valence-electron chi connectivity index (χ2n) is 6.79. The van der Waals surface area contributed by atoms with E-state index >= 15 is 0 Å². The predicted molar refractivity (Wildman–Crippen MR) is 107 cm³/mol. The molecule has 146 valence electrons. The third-order valence-electron chi connectivity index (χ3n) is 4.01. The van der Waals surface area contributed by atoms with Crippen molar-refractivity contribution in [3.63, 3.8) is 0 Å². The van der Waals surface area contributed by atoms with Crippen LogP contribution in [0.5, 0.6) is 0 Å². The fraction of sp³-hybridized carbons (Fsp3) is 0.350. The highest BCUT2D eigenvalue weighted by Crippen LogP contribution is 2.22. The van der Waals surface area contributed by atoms with Gasteiger partial charge >= 0.3 is 0 Å². The molecule has 27 heavy (non-hydrogen) atoms. The summed E-state index contributed by atoms with van der Waals surface area (Å²) in [6, 6.07) is 9.96. The third kappa shape index (κ3) is 5.55. The van der Waals surface area contributed by atoms with Crippen molar-refractivity contribution in [2.75, 3.05) is 18.4 Å². The van der Waals surface area contributed by atoms with Crippen LogP contribution in [0.15, 0.2) is 41.3 Å². The maximum Gasteiger partial charge on any atom is 0.262 e. The molecule has 2 aromatic rings. The zero-order chi connectivity index (χ0) is 20.2. The van der Waals surface area contributed by atoms with Crippen LogP contribution in [0.4, 0.5) is 5.69 Å². The summed E-state index contributed by atoms with van der Waals surface area (Å²) >= 11 is 0. The van der Waals surface area contributed by atoms with E-state index in [1.165, 1.54) is 6.07 Å². The Morgan fingerprint density at radius 1 is 1.07 bits per heavy atom. The van der Waals surface area contributed by atoms with Gasteiger partial charge in [-0.1, -0.05) is 12.1 Å². The fourth-order valence-corrected chi connectivity index (χ4v) is 4.19. The van der Waals surface area contributed by atoms with Gasteiger partial charge in [-0.05, 0) is 68.7 Å². The summed E-state index contributed by atoms with van der Waals surface area (Å²) in [4.78, 5) is 12.5. The molecular formula is C20H26N2O4S. The van der Waals surface area contributed by atoms with Gasteiger partial charge in [-0.25, -0.2) is 8.42 Å². The number of methoxy groups -OCH3 is 1. The van der Waals surface area contributed by atoms with Crippen molar-refractivity contribution in [1.29, 1.82) is 0 Å². The molecule has 0 saturated carbocycles. The Morgan fingerprint density at radius 3 is 2.30 bits per heavy atom. The van der Waals surface area contributed by atoms with E-state index in [1.54, 1.807) is 38.3 Å². The topological polar surface area (TPSA) is 84.5 Å². The van der Waals surface area contributed by atoms with E-state index in [0.717, 1.165) is 11.1 Å². The molecule has 0 spiro atoms. The molecule has 0 radical (unpaired) electrons. The SMILES string of the molecule is COC[C@H](C)NC(=O)c1ccc(C)c(S(=O)(=O)Nc2cc(C)cc(C)c2)c1. The fourth-order valence-electron chi connectivity index (χ4n) is 2.87. The molecular weight excluding hydrogens is 364 g/mol. The Bertz CT molecular complexity index is 919. The monoisotopic (exact) mass is 390 g/mol. The van der Waals surface area contributed by atoms with Crippen molar-refractivity contribution in [2.45, 2.75) is 38.6 Å². The molecule has 0 bridgehead atoms. The lowest BCUT2D eigenvalue weighted by Gasteiger charge is -2.15. The molecule has 1 amide bonds. The van der Waals surface area contributed by atoms with Gasteiger partial charge in [0.05, 0.1) is 11.5 Å². The van der Waals surface area contributed by atoms with Gasteiger partial charge in [0.15, 0.2) is 0 Å². The molecule has 0 heterocycles. The highest BCUT2D eigenvalue weighted by Gasteiger charge is 2.20. The van der Waals surface area contributed by atoms with E-state index in [1.807, 2.05) is 26.8 Å². The molecule has 0 aliphatic carbocycles. The summed E-state index contributed by atoms with van der Waals surface area (Å²) in [6.07, 6.45) is 0. The lowest BCUT2D eigenvalue weighted by atomic mass is 10.1. The first-order valence-electron chi connectivity index (χ1n) is 8.64.